The number of carbonyl (C=O) groups excluding carboxylic acids is 1. The number of rotatable bonds is 3. The van der Waals surface area contributed by atoms with Gasteiger partial charge in [0, 0.05) is 10.7 Å². The number of nitrogens with one attached hydrogen (secondary N) is 1. The SMILES string of the molecule is O=C(Nc1ccc(Cl)cc1)C(O)C1CCCCC1. The van der Waals surface area contributed by atoms with Crippen LogP contribution in [0, 0.1) is 5.92 Å². The number of aliphatic hydroxyl groups excluding tert-OH is 1. The minimum absolute atomic E-state index is 0.103. The zero-order valence-electron chi connectivity index (χ0n) is 10.2. The van der Waals surface area contributed by atoms with E-state index in [0.717, 1.165) is 25.7 Å². The van der Waals surface area contributed by atoms with Crippen molar-refractivity contribution in [2.45, 2.75) is 38.2 Å². The summed E-state index contributed by atoms with van der Waals surface area (Å²) >= 11 is 5.77. The summed E-state index contributed by atoms with van der Waals surface area (Å²) < 4.78 is 0. The lowest BCUT2D eigenvalue weighted by molar-refractivity contribution is -0.127. The van der Waals surface area contributed by atoms with Gasteiger partial charge in [0.15, 0.2) is 0 Å². The second kappa shape index (κ2) is 6.21. The highest BCUT2D eigenvalue weighted by molar-refractivity contribution is 6.30. The van der Waals surface area contributed by atoms with Crippen LogP contribution in [0.1, 0.15) is 32.1 Å². The fourth-order valence-electron chi connectivity index (χ4n) is 2.41. The predicted molar refractivity (Wildman–Crippen MR) is 72.7 cm³/mol. The number of amides is 1. The monoisotopic (exact) mass is 267 g/mol. The van der Waals surface area contributed by atoms with Crippen LogP contribution >= 0.6 is 11.6 Å². The lowest BCUT2D eigenvalue weighted by Crippen LogP contribution is -2.35. The van der Waals surface area contributed by atoms with Crippen molar-refractivity contribution in [2.24, 2.45) is 5.92 Å². The highest BCUT2D eigenvalue weighted by Crippen LogP contribution is 2.27. The zero-order valence-corrected chi connectivity index (χ0v) is 11.0. The molecule has 1 saturated carbocycles. The summed E-state index contributed by atoms with van der Waals surface area (Å²) in [4.78, 5) is 11.9. The molecule has 0 aromatic heterocycles. The maximum Gasteiger partial charge on any atom is 0.253 e. The van der Waals surface area contributed by atoms with Gasteiger partial charge in [0.05, 0.1) is 0 Å². The molecule has 1 aliphatic rings. The first-order valence-electron chi connectivity index (χ1n) is 6.41. The van der Waals surface area contributed by atoms with Gasteiger partial charge in [0.25, 0.3) is 5.91 Å². The Labute approximate surface area is 112 Å². The summed E-state index contributed by atoms with van der Waals surface area (Å²) in [5.74, 6) is -0.213. The van der Waals surface area contributed by atoms with Crippen molar-refractivity contribution in [3.8, 4) is 0 Å². The van der Waals surface area contributed by atoms with E-state index in [1.165, 1.54) is 6.42 Å². The highest BCUT2D eigenvalue weighted by atomic mass is 35.5. The molecule has 0 radical (unpaired) electrons. The van der Waals surface area contributed by atoms with Crippen LogP contribution in [0.5, 0.6) is 0 Å². The second-order valence-corrected chi connectivity index (χ2v) is 5.28. The molecule has 1 aromatic rings. The molecule has 2 N–H and O–H groups in total. The smallest absolute Gasteiger partial charge is 0.253 e. The Morgan fingerprint density at radius 1 is 1.22 bits per heavy atom. The average Bonchev–Trinajstić information content (AvgIpc) is 2.41. The van der Waals surface area contributed by atoms with E-state index < -0.39 is 6.10 Å². The molecule has 1 aromatic carbocycles. The van der Waals surface area contributed by atoms with E-state index in [0.29, 0.717) is 10.7 Å². The fourth-order valence-corrected chi connectivity index (χ4v) is 2.54. The van der Waals surface area contributed by atoms with Crippen LogP contribution in [0.4, 0.5) is 5.69 Å². The van der Waals surface area contributed by atoms with Gasteiger partial charge in [-0.1, -0.05) is 30.9 Å². The molecule has 0 aliphatic heterocycles. The number of aliphatic hydroxyl groups is 1. The molecule has 0 saturated heterocycles. The highest BCUT2D eigenvalue weighted by Gasteiger charge is 2.27. The molecular formula is C14H18ClNO2. The fraction of sp³-hybridized carbons (Fsp3) is 0.500. The van der Waals surface area contributed by atoms with Crippen LogP contribution in [-0.4, -0.2) is 17.1 Å². The molecule has 0 spiro atoms. The Balaban J connectivity index is 1.92. The number of carbonyl (C=O) groups is 1. The van der Waals surface area contributed by atoms with E-state index in [1.807, 2.05) is 0 Å². The summed E-state index contributed by atoms with van der Waals surface area (Å²) in [5.41, 5.74) is 0.666. The van der Waals surface area contributed by atoms with Gasteiger partial charge >= 0.3 is 0 Å². The van der Waals surface area contributed by atoms with Crippen molar-refractivity contribution in [1.29, 1.82) is 0 Å². The zero-order chi connectivity index (χ0) is 13.0. The van der Waals surface area contributed by atoms with Crippen molar-refractivity contribution in [3.05, 3.63) is 29.3 Å². The minimum atomic E-state index is -0.902. The molecule has 1 unspecified atom stereocenters. The molecule has 1 atom stereocenters. The van der Waals surface area contributed by atoms with Gasteiger partial charge in [-0.3, -0.25) is 4.79 Å². The quantitative estimate of drug-likeness (QED) is 0.883. The molecule has 2 rings (SSSR count). The van der Waals surface area contributed by atoms with E-state index in [-0.39, 0.29) is 11.8 Å². The Morgan fingerprint density at radius 2 is 1.83 bits per heavy atom. The van der Waals surface area contributed by atoms with Crippen LogP contribution in [0.3, 0.4) is 0 Å². The van der Waals surface area contributed by atoms with Gasteiger partial charge in [-0.15, -0.1) is 0 Å². The number of benzene rings is 1. The van der Waals surface area contributed by atoms with Gasteiger partial charge in [-0.25, -0.2) is 0 Å². The molecule has 0 bridgehead atoms. The first-order chi connectivity index (χ1) is 8.66. The minimum Gasteiger partial charge on any atom is -0.383 e. The van der Waals surface area contributed by atoms with Crippen LogP contribution in [-0.2, 0) is 4.79 Å². The predicted octanol–water partition coefficient (Wildman–Crippen LogP) is 3.22. The van der Waals surface area contributed by atoms with Crippen molar-refractivity contribution >= 4 is 23.2 Å². The molecule has 3 nitrogen and oxygen atoms in total. The molecule has 18 heavy (non-hydrogen) atoms. The standard InChI is InChI=1S/C14H18ClNO2/c15-11-6-8-12(9-7-11)16-14(18)13(17)10-4-2-1-3-5-10/h6-10,13,17H,1-5H2,(H,16,18). The Hall–Kier alpha value is -1.06. The van der Waals surface area contributed by atoms with Gasteiger partial charge in [-0.05, 0) is 43.0 Å². The van der Waals surface area contributed by atoms with Gasteiger partial charge in [0.1, 0.15) is 6.10 Å². The lowest BCUT2D eigenvalue weighted by Gasteiger charge is -2.25. The number of hydrogen-bond donors (Lipinski definition) is 2. The summed E-state index contributed by atoms with van der Waals surface area (Å²) in [6.07, 6.45) is 4.40. The third-order valence-electron chi connectivity index (χ3n) is 3.48. The maximum absolute atomic E-state index is 11.9. The van der Waals surface area contributed by atoms with E-state index in [4.69, 9.17) is 11.6 Å². The summed E-state index contributed by atoms with van der Waals surface area (Å²) in [5, 5.41) is 13.4. The number of hydrogen-bond acceptors (Lipinski definition) is 2. The lowest BCUT2D eigenvalue weighted by atomic mass is 9.85. The Morgan fingerprint density at radius 3 is 2.44 bits per heavy atom. The third-order valence-corrected chi connectivity index (χ3v) is 3.73. The van der Waals surface area contributed by atoms with Crippen LogP contribution in [0.15, 0.2) is 24.3 Å². The van der Waals surface area contributed by atoms with Crippen LogP contribution in [0.25, 0.3) is 0 Å². The Bertz CT molecular complexity index is 399. The molecule has 1 amide bonds. The normalized spacial score (nSPS) is 18.3. The number of halogens is 1. The van der Waals surface area contributed by atoms with E-state index in [9.17, 15) is 9.90 Å². The molecule has 0 heterocycles. The molecule has 4 heteroatoms. The summed E-state index contributed by atoms with van der Waals surface area (Å²) in [6.45, 7) is 0. The molecular weight excluding hydrogens is 250 g/mol. The average molecular weight is 268 g/mol. The van der Waals surface area contributed by atoms with Crippen molar-refractivity contribution in [2.75, 3.05) is 5.32 Å². The largest absolute Gasteiger partial charge is 0.383 e. The maximum atomic E-state index is 11.9. The topological polar surface area (TPSA) is 49.3 Å². The van der Waals surface area contributed by atoms with Crippen molar-refractivity contribution in [3.63, 3.8) is 0 Å². The van der Waals surface area contributed by atoms with Crippen molar-refractivity contribution in [1.82, 2.24) is 0 Å². The summed E-state index contributed by atoms with van der Waals surface area (Å²) in [6, 6.07) is 6.88. The Kier molecular flexibility index (Phi) is 4.61. The van der Waals surface area contributed by atoms with Gasteiger partial charge in [0.2, 0.25) is 0 Å². The second-order valence-electron chi connectivity index (χ2n) is 4.84. The van der Waals surface area contributed by atoms with Gasteiger partial charge < -0.3 is 10.4 Å². The van der Waals surface area contributed by atoms with Crippen molar-refractivity contribution < 1.29 is 9.90 Å². The molecule has 1 fully saturated rings. The van der Waals surface area contributed by atoms with Crippen LogP contribution in [0.2, 0.25) is 5.02 Å². The van der Waals surface area contributed by atoms with E-state index in [2.05, 4.69) is 5.32 Å². The first kappa shape index (κ1) is 13.4. The van der Waals surface area contributed by atoms with E-state index >= 15 is 0 Å². The van der Waals surface area contributed by atoms with Crippen LogP contribution < -0.4 is 5.32 Å². The van der Waals surface area contributed by atoms with E-state index in [1.54, 1.807) is 24.3 Å². The van der Waals surface area contributed by atoms with Gasteiger partial charge in [-0.2, -0.15) is 0 Å². The summed E-state index contributed by atoms with van der Waals surface area (Å²) in [7, 11) is 0. The number of anilines is 1. The first-order valence-corrected chi connectivity index (χ1v) is 6.79. The molecule has 98 valence electrons. The third kappa shape index (κ3) is 3.47. The molecule has 1 aliphatic carbocycles.